The second kappa shape index (κ2) is 6.45. The molecule has 0 saturated heterocycles. The van der Waals surface area contributed by atoms with Crippen molar-refractivity contribution in [1.29, 1.82) is 0 Å². The van der Waals surface area contributed by atoms with E-state index in [-0.39, 0.29) is 0 Å². The molecule has 0 heterocycles. The molecule has 1 nitrogen and oxygen atoms in total. The van der Waals surface area contributed by atoms with E-state index in [4.69, 9.17) is 4.74 Å². The number of rotatable bonds is 4. The Labute approximate surface area is 130 Å². The van der Waals surface area contributed by atoms with Crippen LogP contribution in [0.15, 0.2) is 36.4 Å². The summed E-state index contributed by atoms with van der Waals surface area (Å²) in [6, 6.07) is 12.7. The van der Waals surface area contributed by atoms with Crippen molar-refractivity contribution in [2.45, 2.75) is 38.9 Å². The van der Waals surface area contributed by atoms with Gasteiger partial charge in [-0.2, -0.15) is 0 Å². The van der Waals surface area contributed by atoms with Crippen LogP contribution in [0.2, 0.25) is 0 Å². The minimum atomic E-state index is 0.510. The summed E-state index contributed by atoms with van der Waals surface area (Å²) >= 11 is 3.50. The first-order valence-electron chi connectivity index (χ1n) is 6.95. The first-order valence-corrected chi connectivity index (χ1v) is 8.07. The molecule has 0 fully saturated rings. The summed E-state index contributed by atoms with van der Waals surface area (Å²) in [5.41, 5.74) is 5.01. The molecule has 0 spiro atoms. The molecule has 0 saturated carbocycles. The first-order chi connectivity index (χ1) is 9.51. The van der Waals surface area contributed by atoms with Crippen molar-refractivity contribution >= 4 is 15.9 Å². The number of benzene rings is 2. The summed E-state index contributed by atoms with van der Waals surface area (Å²) in [7, 11) is 0. The fraction of sp³-hybridized carbons (Fsp3) is 0.333. The maximum absolute atomic E-state index is 6.06. The number of halogens is 1. The SMILES string of the molecule is Cc1cc(Oc2cc(C(C)C)ccc2C)ccc1CBr. The molecule has 0 aliphatic rings. The van der Waals surface area contributed by atoms with Crippen LogP contribution in [0.1, 0.15) is 42.0 Å². The predicted molar refractivity (Wildman–Crippen MR) is 89.2 cm³/mol. The molecule has 0 bridgehead atoms. The Hall–Kier alpha value is -1.28. The maximum Gasteiger partial charge on any atom is 0.130 e. The lowest BCUT2D eigenvalue weighted by Crippen LogP contribution is -1.93. The number of hydrogen-bond donors (Lipinski definition) is 0. The van der Waals surface area contributed by atoms with Gasteiger partial charge in [-0.15, -0.1) is 0 Å². The van der Waals surface area contributed by atoms with Crippen LogP contribution in [0.4, 0.5) is 0 Å². The zero-order chi connectivity index (χ0) is 14.7. The van der Waals surface area contributed by atoms with Gasteiger partial charge in [0.2, 0.25) is 0 Å². The summed E-state index contributed by atoms with van der Waals surface area (Å²) in [5, 5.41) is 0.876. The average molecular weight is 333 g/mol. The lowest BCUT2D eigenvalue weighted by Gasteiger charge is -2.13. The molecule has 0 radical (unpaired) electrons. The van der Waals surface area contributed by atoms with Gasteiger partial charge >= 0.3 is 0 Å². The zero-order valence-corrected chi connectivity index (χ0v) is 14.1. The summed E-state index contributed by atoms with van der Waals surface area (Å²) in [5.74, 6) is 2.36. The fourth-order valence-electron chi connectivity index (χ4n) is 2.09. The van der Waals surface area contributed by atoms with Crippen molar-refractivity contribution in [3.05, 3.63) is 58.7 Å². The van der Waals surface area contributed by atoms with Crippen LogP contribution >= 0.6 is 15.9 Å². The van der Waals surface area contributed by atoms with Crippen molar-refractivity contribution in [1.82, 2.24) is 0 Å². The highest BCUT2D eigenvalue weighted by Gasteiger charge is 2.07. The van der Waals surface area contributed by atoms with Crippen LogP contribution in [-0.2, 0) is 5.33 Å². The number of ether oxygens (including phenoxy) is 1. The van der Waals surface area contributed by atoms with E-state index in [1.54, 1.807) is 0 Å². The summed E-state index contributed by atoms with van der Waals surface area (Å²) in [4.78, 5) is 0. The van der Waals surface area contributed by atoms with E-state index in [9.17, 15) is 0 Å². The summed E-state index contributed by atoms with van der Waals surface area (Å²) < 4.78 is 6.06. The van der Waals surface area contributed by atoms with Gasteiger partial charge in [0, 0.05) is 5.33 Å². The van der Waals surface area contributed by atoms with Crippen LogP contribution in [0.25, 0.3) is 0 Å². The Kier molecular flexibility index (Phi) is 4.87. The zero-order valence-electron chi connectivity index (χ0n) is 12.5. The van der Waals surface area contributed by atoms with E-state index in [0.29, 0.717) is 5.92 Å². The van der Waals surface area contributed by atoms with Crippen LogP contribution in [-0.4, -0.2) is 0 Å². The van der Waals surface area contributed by atoms with Gasteiger partial charge in [-0.05, 0) is 60.2 Å². The van der Waals surface area contributed by atoms with Crippen molar-refractivity contribution < 1.29 is 4.74 Å². The highest BCUT2D eigenvalue weighted by molar-refractivity contribution is 9.08. The maximum atomic E-state index is 6.06. The highest BCUT2D eigenvalue weighted by atomic mass is 79.9. The molecule has 2 aromatic rings. The molecule has 0 aliphatic heterocycles. The molecule has 0 aliphatic carbocycles. The van der Waals surface area contributed by atoms with Gasteiger partial charge in [0.15, 0.2) is 0 Å². The molecule has 0 N–H and O–H groups in total. The Balaban J connectivity index is 2.29. The molecular weight excluding hydrogens is 312 g/mol. The Morgan fingerprint density at radius 2 is 1.75 bits per heavy atom. The van der Waals surface area contributed by atoms with E-state index < -0.39 is 0 Å². The van der Waals surface area contributed by atoms with Crippen LogP contribution in [0.5, 0.6) is 11.5 Å². The normalized spacial score (nSPS) is 10.9. The minimum absolute atomic E-state index is 0.510. The quantitative estimate of drug-likeness (QED) is 0.613. The second-order valence-corrected chi connectivity index (χ2v) is 6.06. The predicted octanol–water partition coefficient (Wildman–Crippen LogP) is 6.11. The molecular formula is C18H21BrO. The molecule has 0 atom stereocenters. The van der Waals surface area contributed by atoms with Gasteiger partial charge in [-0.25, -0.2) is 0 Å². The largest absolute Gasteiger partial charge is 0.457 e. The molecule has 20 heavy (non-hydrogen) atoms. The van der Waals surface area contributed by atoms with Gasteiger partial charge in [0.25, 0.3) is 0 Å². The number of hydrogen-bond acceptors (Lipinski definition) is 1. The van der Waals surface area contributed by atoms with Crippen LogP contribution in [0.3, 0.4) is 0 Å². The van der Waals surface area contributed by atoms with E-state index in [1.165, 1.54) is 16.7 Å². The van der Waals surface area contributed by atoms with E-state index in [2.05, 4.69) is 74.0 Å². The van der Waals surface area contributed by atoms with E-state index in [1.807, 2.05) is 6.07 Å². The molecule has 2 rings (SSSR count). The van der Waals surface area contributed by atoms with Crippen molar-refractivity contribution in [2.24, 2.45) is 0 Å². The van der Waals surface area contributed by atoms with E-state index in [0.717, 1.165) is 22.4 Å². The Morgan fingerprint density at radius 1 is 1.00 bits per heavy atom. The lowest BCUT2D eigenvalue weighted by molar-refractivity contribution is 0.477. The van der Waals surface area contributed by atoms with Gasteiger partial charge in [-0.1, -0.05) is 48.0 Å². The third-order valence-electron chi connectivity index (χ3n) is 3.56. The Bertz CT molecular complexity index is 602. The topological polar surface area (TPSA) is 9.23 Å². The van der Waals surface area contributed by atoms with E-state index >= 15 is 0 Å². The molecule has 106 valence electrons. The average Bonchev–Trinajstić information content (AvgIpc) is 2.41. The molecule has 2 aromatic carbocycles. The monoisotopic (exact) mass is 332 g/mol. The minimum Gasteiger partial charge on any atom is -0.457 e. The van der Waals surface area contributed by atoms with Gasteiger partial charge < -0.3 is 4.74 Å². The number of alkyl halides is 1. The molecule has 0 aromatic heterocycles. The van der Waals surface area contributed by atoms with Crippen LogP contribution in [0, 0.1) is 13.8 Å². The third-order valence-corrected chi connectivity index (χ3v) is 4.17. The number of aryl methyl sites for hydroxylation is 2. The summed E-state index contributed by atoms with van der Waals surface area (Å²) in [6.07, 6.45) is 0. The van der Waals surface area contributed by atoms with Gasteiger partial charge in [0.1, 0.15) is 11.5 Å². The lowest BCUT2D eigenvalue weighted by atomic mass is 10.0. The standard InChI is InChI=1S/C18H21BrO/c1-12(2)15-6-5-13(3)18(10-15)20-17-8-7-16(11-19)14(4)9-17/h5-10,12H,11H2,1-4H3. The van der Waals surface area contributed by atoms with Crippen molar-refractivity contribution in [2.75, 3.05) is 0 Å². The molecule has 2 heteroatoms. The summed E-state index contributed by atoms with van der Waals surface area (Å²) in [6.45, 7) is 8.59. The third kappa shape index (κ3) is 3.43. The Morgan fingerprint density at radius 3 is 2.35 bits per heavy atom. The van der Waals surface area contributed by atoms with Gasteiger partial charge in [-0.3, -0.25) is 0 Å². The fourth-order valence-corrected chi connectivity index (χ4v) is 2.72. The van der Waals surface area contributed by atoms with Crippen LogP contribution < -0.4 is 4.74 Å². The molecule has 0 amide bonds. The van der Waals surface area contributed by atoms with Crippen molar-refractivity contribution in [3.8, 4) is 11.5 Å². The first kappa shape index (κ1) is 15.1. The second-order valence-electron chi connectivity index (χ2n) is 5.50. The van der Waals surface area contributed by atoms with Crippen molar-refractivity contribution in [3.63, 3.8) is 0 Å². The molecule has 0 unspecified atom stereocenters. The smallest absolute Gasteiger partial charge is 0.130 e. The van der Waals surface area contributed by atoms with Gasteiger partial charge in [0.05, 0.1) is 0 Å². The highest BCUT2D eigenvalue weighted by Crippen LogP contribution is 2.30.